The van der Waals surface area contributed by atoms with E-state index < -0.39 is 0 Å². The summed E-state index contributed by atoms with van der Waals surface area (Å²) in [5, 5.41) is 8.65. The summed E-state index contributed by atoms with van der Waals surface area (Å²) in [6.07, 6.45) is 0. The summed E-state index contributed by atoms with van der Waals surface area (Å²) in [6.45, 7) is -0.0231. The van der Waals surface area contributed by atoms with E-state index in [1.54, 1.807) is 6.07 Å². The average molecular weight is 158 g/mol. The molecule has 3 heteroatoms. The van der Waals surface area contributed by atoms with Gasteiger partial charge in [0, 0.05) is 0 Å². The van der Waals surface area contributed by atoms with Crippen LogP contribution in [-0.4, -0.2) is 10.1 Å². The third-order valence-corrected chi connectivity index (χ3v) is 1.44. The normalized spacial score (nSPS) is 9.80. The fraction of sp³-hybridized carbons (Fsp3) is 0.286. The van der Waals surface area contributed by atoms with Crippen molar-refractivity contribution in [2.75, 3.05) is 0 Å². The van der Waals surface area contributed by atoms with Crippen molar-refractivity contribution in [3.8, 4) is 0 Å². The van der Waals surface area contributed by atoms with Crippen molar-refractivity contribution in [2.45, 2.75) is 12.5 Å². The highest BCUT2D eigenvalue weighted by atomic mass is 35.5. The van der Waals surface area contributed by atoms with Gasteiger partial charge in [-0.2, -0.15) is 0 Å². The summed E-state index contributed by atoms with van der Waals surface area (Å²) in [4.78, 5) is 4.03. The van der Waals surface area contributed by atoms with Crippen LogP contribution in [0.3, 0.4) is 0 Å². The Morgan fingerprint density at radius 2 is 2.10 bits per heavy atom. The Kier molecular flexibility index (Phi) is 2.66. The molecule has 0 unspecified atom stereocenters. The maximum Gasteiger partial charge on any atom is 0.0853 e. The van der Waals surface area contributed by atoms with Crippen LogP contribution in [-0.2, 0) is 12.5 Å². The fourth-order valence-electron chi connectivity index (χ4n) is 0.692. The molecule has 0 radical (unpaired) electrons. The Hall–Kier alpha value is -0.600. The molecule has 0 fully saturated rings. The first kappa shape index (κ1) is 7.51. The molecular weight excluding hydrogens is 150 g/mol. The van der Waals surface area contributed by atoms with Gasteiger partial charge >= 0.3 is 0 Å². The van der Waals surface area contributed by atoms with Gasteiger partial charge in [-0.15, -0.1) is 11.6 Å². The predicted molar refractivity (Wildman–Crippen MR) is 39.7 cm³/mol. The third-order valence-electron chi connectivity index (χ3n) is 1.16. The average Bonchev–Trinajstić information content (AvgIpc) is 2.05. The van der Waals surface area contributed by atoms with Crippen molar-refractivity contribution < 1.29 is 5.11 Å². The lowest BCUT2D eigenvalue weighted by atomic mass is 10.3. The zero-order chi connectivity index (χ0) is 7.40. The molecule has 2 nitrogen and oxygen atoms in total. The number of rotatable bonds is 2. The second-order valence-electron chi connectivity index (χ2n) is 1.91. The molecule has 0 aliphatic carbocycles. The molecule has 0 saturated carbocycles. The van der Waals surface area contributed by atoms with E-state index in [-0.39, 0.29) is 6.61 Å². The molecule has 1 aromatic rings. The minimum Gasteiger partial charge on any atom is -0.390 e. The third kappa shape index (κ3) is 1.69. The number of halogens is 1. The lowest BCUT2D eigenvalue weighted by molar-refractivity contribution is 0.276. The molecular formula is C7H8ClNO. The Morgan fingerprint density at radius 3 is 2.70 bits per heavy atom. The second-order valence-corrected chi connectivity index (χ2v) is 2.18. The highest BCUT2D eigenvalue weighted by Gasteiger charge is 1.92. The summed E-state index contributed by atoms with van der Waals surface area (Å²) < 4.78 is 0. The minimum absolute atomic E-state index is 0.0231. The summed E-state index contributed by atoms with van der Waals surface area (Å²) in [5.41, 5.74) is 1.46. The monoisotopic (exact) mass is 157 g/mol. The van der Waals surface area contributed by atoms with Crippen LogP contribution in [0.1, 0.15) is 11.4 Å². The standard InChI is InChI=1S/C7H8ClNO/c8-4-6-2-1-3-7(5-10)9-6/h1-3,10H,4-5H2. The van der Waals surface area contributed by atoms with Gasteiger partial charge in [-0.3, -0.25) is 4.98 Å². The van der Waals surface area contributed by atoms with E-state index in [9.17, 15) is 0 Å². The number of nitrogens with zero attached hydrogens (tertiary/aromatic N) is 1. The van der Waals surface area contributed by atoms with E-state index in [1.807, 2.05) is 12.1 Å². The highest BCUT2D eigenvalue weighted by molar-refractivity contribution is 6.16. The molecule has 1 aromatic heterocycles. The first-order chi connectivity index (χ1) is 4.86. The van der Waals surface area contributed by atoms with Gasteiger partial charge in [0.1, 0.15) is 0 Å². The summed E-state index contributed by atoms with van der Waals surface area (Å²) >= 11 is 5.51. The predicted octanol–water partition coefficient (Wildman–Crippen LogP) is 1.31. The van der Waals surface area contributed by atoms with Crippen molar-refractivity contribution in [1.29, 1.82) is 0 Å². The number of aromatic nitrogens is 1. The Bertz CT molecular complexity index is 195. The van der Waals surface area contributed by atoms with Crippen LogP contribution in [0.4, 0.5) is 0 Å². The van der Waals surface area contributed by atoms with Gasteiger partial charge in [0.15, 0.2) is 0 Å². The number of hydrogen-bond acceptors (Lipinski definition) is 2. The molecule has 0 amide bonds. The van der Waals surface area contributed by atoms with Crippen LogP contribution in [0.2, 0.25) is 0 Å². The molecule has 0 aliphatic rings. The zero-order valence-electron chi connectivity index (χ0n) is 5.42. The first-order valence-corrected chi connectivity index (χ1v) is 3.52. The molecule has 0 aliphatic heterocycles. The van der Waals surface area contributed by atoms with E-state index in [0.717, 1.165) is 5.69 Å². The second kappa shape index (κ2) is 3.54. The lowest BCUT2D eigenvalue weighted by Crippen LogP contribution is -1.91. The zero-order valence-corrected chi connectivity index (χ0v) is 6.17. The summed E-state index contributed by atoms with van der Waals surface area (Å²) in [7, 11) is 0. The van der Waals surface area contributed by atoms with Crippen molar-refractivity contribution in [2.24, 2.45) is 0 Å². The lowest BCUT2D eigenvalue weighted by Gasteiger charge is -1.96. The maximum atomic E-state index is 8.65. The van der Waals surface area contributed by atoms with Crippen LogP contribution in [0, 0.1) is 0 Å². The van der Waals surface area contributed by atoms with Gasteiger partial charge in [0.2, 0.25) is 0 Å². The van der Waals surface area contributed by atoms with E-state index in [2.05, 4.69) is 4.98 Å². The van der Waals surface area contributed by atoms with Gasteiger partial charge in [-0.05, 0) is 12.1 Å². The fourth-order valence-corrected chi connectivity index (χ4v) is 0.841. The molecule has 0 aromatic carbocycles. The molecule has 0 atom stereocenters. The van der Waals surface area contributed by atoms with Gasteiger partial charge in [0.05, 0.1) is 23.9 Å². The van der Waals surface area contributed by atoms with Crippen LogP contribution in [0.5, 0.6) is 0 Å². The molecule has 0 spiro atoms. The smallest absolute Gasteiger partial charge is 0.0853 e. The quantitative estimate of drug-likeness (QED) is 0.657. The molecule has 1 heterocycles. The first-order valence-electron chi connectivity index (χ1n) is 2.98. The van der Waals surface area contributed by atoms with Gasteiger partial charge < -0.3 is 5.11 Å². The van der Waals surface area contributed by atoms with Gasteiger partial charge in [-0.25, -0.2) is 0 Å². The number of aliphatic hydroxyl groups is 1. The SMILES string of the molecule is OCc1cccc(CCl)n1. The molecule has 10 heavy (non-hydrogen) atoms. The van der Waals surface area contributed by atoms with Crippen LogP contribution < -0.4 is 0 Å². The van der Waals surface area contributed by atoms with Crippen molar-refractivity contribution in [1.82, 2.24) is 4.98 Å². The largest absolute Gasteiger partial charge is 0.390 e. The number of hydrogen-bond donors (Lipinski definition) is 1. The minimum atomic E-state index is -0.0231. The Balaban J connectivity index is 2.87. The van der Waals surface area contributed by atoms with E-state index >= 15 is 0 Å². The topological polar surface area (TPSA) is 33.1 Å². The van der Waals surface area contributed by atoms with Crippen molar-refractivity contribution in [3.63, 3.8) is 0 Å². The summed E-state index contributed by atoms with van der Waals surface area (Å²) in [6, 6.07) is 5.42. The van der Waals surface area contributed by atoms with Crippen LogP contribution >= 0.6 is 11.6 Å². The maximum absolute atomic E-state index is 8.65. The number of pyridine rings is 1. The van der Waals surface area contributed by atoms with Crippen molar-refractivity contribution in [3.05, 3.63) is 29.6 Å². The van der Waals surface area contributed by atoms with Crippen LogP contribution in [0.25, 0.3) is 0 Å². The Morgan fingerprint density at radius 1 is 1.40 bits per heavy atom. The number of aliphatic hydroxyl groups excluding tert-OH is 1. The van der Waals surface area contributed by atoms with Gasteiger partial charge in [0.25, 0.3) is 0 Å². The molecule has 1 N–H and O–H groups in total. The molecule has 0 saturated heterocycles. The highest BCUT2D eigenvalue weighted by Crippen LogP contribution is 2.01. The molecule has 0 bridgehead atoms. The van der Waals surface area contributed by atoms with E-state index in [1.165, 1.54) is 0 Å². The summed E-state index contributed by atoms with van der Waals surface area (Å²) in [5.74, 6) is 0.397. The molecule has 54 valence electrons. The van der Waals surface area contributed by atoms with Crippen molar-refractivity contribution >= 4 is 11.6 Å². The van der Waals surface area contributed by atoms with Gasteiger partial charge in [-0.1, -0.05) is 6.07 Å². The van der Waals surface area contributed by atoms with E-state index in [4.69, 9.17) is 16.7 Å². The Labute approximate surface area is 64.5 Å². The molecule has 1 rings (SSSR count). The van der Waals surface area contributed by atoms with Crippen LogP contribution in [0.15, 0.2) is 18.2 Å². The van der Waals surface area contributed by atoms with E-state index in [0.29, 0.717) is 11.6 Å². The number of alkyl halides is 1.